The first-order valence-corrected chi connectivity index (χ1v) is 11.4. The molecule has 4 atom stereocenters. The number of benzene rings is 1. The second-order valence-corrected chi connectivity index (χ2v) is 9.89. The summed E-state index contributed by atoms with van der Waals surface area (Å²) in [6, 6.07) is 4.62. The summed E-state index contributed by atoms with van der Waals surface area (Å²) in [5, 5.41) is 10.3. The van der Waals surface area contributed by atoms with Crippen molar-refractivity contribution in [1.82, 2.24) is 24.8 Å². The van der Waals surface area contributed by atoms with Crippen molar-refractivity contribution in [2.24, 2.45) is 11.8 Å². The number of ether oxygens (including phenoxy) is 1. The summed E-state index contributed by atoms with van der Waals surface area (Å²) < 4.78 is 6.69. The van der Waals surface area contributed by atoms with Crippen LogP contribution in [0.15, 0.2) is 24.8 Å². The van der Waals surface area contributed by atoms with Crippen LogP contribution in [-0.4, -0.2) is 74.4 Å². The van der Waals surface area contributed by atoms with E-state index < -0.39 is 0 Å². The predicted molar refractivity (Wildman–Crippen MR) is 121 cm³/mol. The van der Waals surface area contributed by atoms with E-state index in [1.54, 1.807) is 12.7 Å². The average molecular weight is 435 g/mol. The fourth-order valence-electron chi connectivity index (χ4n) is 6.23. The number of likely N-dealkylation sites (tertiary alicyclic amines) is 1. The van der Waals surface area contributed by atoms with Crippen molar-refractivity contribution in [1.29, 1.82) is 0 Å². The van der Waals surface area contributed by atoms with E-state index in [4.69, 9.17) is 4.74 Å². The van der Waals surface area contributed by atoms with Gasteiger partial charge in [-0.1, -0.05) is 12.1 Å². The lowest BCUT2D eigenvalue weighted by molar-refractivity contribution is -0.112. The van der Waals surface area contributed by atoms with Crippen molar-refractivity contribution in [3.63, 3.8) is 0 Å². The summed E-state index contributed by atoms with van der Waals surface area (Å²) in [4.78, 5) is 21.1. The molecule has 3 fully saturated rings. The van der Waals surface area contributed by atoms with Crippen molar-refractivity contribution >= 4 is 17.0 Å². The summed E-state index contributed by atoms with van der Waals surface area (Å²) in [6.45, 7) is 11.0. The van der Waals surface area contributed by atoms with Crippen LogP contribution < -0.4 is 4.90 Å². The molecule has 3 aliphatic rings. The van der Waals surface area contributed by atoms with Crippen LogP contribution in [0.5, 0.6) is 0 Å². The van der Waals surface area contributed by atoms with Crippen LogP contribution in [-0.2, 0) is 11.3 Å². The molecule has 5 heterocycles. The fourth-order valence-corrected chi connectivity index (χ4v) is 6.23. The molecule has 0 amide bonds. The Morgan fingerprint density at radius 2 is 1.94 bits per heavy atom. The number of aliphatic hydroxyl groups is 1. The molecule has 0 radical (unpaired) electrons. The van der Waals surface area contributed by atoms with E-state index in [2.05, 4.69) is 62.6 Å². The van der Waals surface area contributed by atoms with Gasteiger partial charge in [0.25, 0.3) is 0 Å². The largest absolute Gasteiger partial charge is 0.396 e. The van der Waals surface area contributed by atoms with Crippen molar-refractivity contribution < 1.29 is 9.84 Å². The lowest BCUT2D eigenvalue weighted by Crippen LogP contribution is -2.53. The number of aryl methyl sites for hydroxylation is 3. The van der Waals surface area contributed by atoms with Gasteiger partial charge in [0.05, 0.1) is 19.0 Å². The molecule has 168 valence electrons. The minimum atomic E-state index is -0.290. The number of imidazole rings is 1. The van der Waals surface area contributed by atoms with Gasteiger partial charge in [-0.05, 0) is 43.0 Å². The minimum Gasteiger partial charge on any atom is -0.396 e. The number of hydrogen-bond donors (Lipinski definition) is 2. The Bertz CT molecular complexity index is 1180. The average Bonchev–Trinajstić information content (AvgIpc) is 3.42. The van der Waals surface area contributed by atoms with Gasteiger partial charge in [-0.25, -0.2) is 15.0 Å². The van der Waals surface area contributed by atoms with Crippen LogP contribution in [0.25, 0.3) is 11.2 Å². The predicted octanol–water partition coefficient (Wildman–Crippen LogP) is 1.98. The van der Waals surface area contributed by atoms with Gasteiger partial charge in [-0.3, -0.25) is 4.90 Å². The summed E-state index contributed by atoms with van der Waals surface area (Å²) in [5.41, 5.74) is 6.65. The Hall–Kier alpha value is -2.55. The number of aromatic nitrogens is 4. The van der Waals surface area contributed by atoms with Crippen molar-refractivity contribution in [3.05, 3.63) is 47.0 Å². The number of H-pyrrole nitrogens is 1. The third kappa shape index (κ3) is 2.97. The lowest BCUT2D eigenvalue weighted by Gasteiger charge is -2.40. The van der Waals surface area contributed by atoms with Gasteiger partial charge in [0.2, 0.25) is 0 Å². The molecular formula is C24H30N6O2. The third-order valence-corrected chi connectivity index (χ3v) is 7.92. The molecule has 2 N–H and O–H groups in total. The van der Waals surface area contributed by atoms with Crippen LogP contribution >= 0.6 is 0 Å². The summed E-state index contributed by atoms with van der Waals surface area (Å²) >= 11 is 0. The second kappa shape index (κ2) is 7.23. The van der Waals surface area contributed by atoms with E-state index in [9.17, 15) is 5.11 Å². The first-order valence-electron chi connectivity index (χ1n) is 11.4. The van der Waals surface area contributed by atoms with E-state index in [0.717, 1.165) is 44.1 Å². The smallest absolute Gasteiger partial charge is 0.182 e. The molecule has 0 aliphatic carbocycles. The van der Waals surface area contributed by atoms with E-state index in [1.165, 1.54) is 22.3 Å². The number of aliphatic hydroxyl groups excluding tert-OH is 1. The topological polar surface area (TPSA) is 90.4 Å². The SMILES string of the molecule is Cc1cc(C)c(CN2C[C@H]3O[C@]4(C2)CN(c2ncnc5nc[nH]c25)C[C@@H]4[C@@H]3CO)cc1C. The molecule has 0 unspecified atom stereocenters. The van der Waals surface area contributed by atoms with Crippen LogP contribution in [0, 0.1) is 32.6 Å². The fraction of sp³-hybridized carbons (Fsp3) is 0.542. The zero-order chi connectivity index (χ0) is 22.0. The normalized spacial score (nSPS) is 29.8. The number of hydrogen-bond acceptors (Lipinski definition) is 7. The highest BCUT2D eigenvalue weighted by atomic mass is 16.5. The molecule has 32 heavy (non-hydrogen) atoms. The number of fused-ring (bicyclic) bond motifs is 2. The second-order valence-electron chi connectivity index (χ2n) is 9.89. The standard InChI is InChI=1S/C24H30N6O2/c1-14-4-16(3)17(5-15(14)2)6-29-8-20-18(9-31)19-7-30(11-24(19,10-29)32-20)23-21-22(26-12-25-21)27-13-28-23/h4-5,12-13,18-20,31H,6-11H2,1-3H3,(H,25,26,27,28)/t18-,19+,20+,24+/m0/s1. The molecule has 3 saturated heterocycles. The van der Waals surface area contributed by atoms with Gasteiger partial charge in [0.15, 0.2) is 11.5 Å². The molecule has 3 aromatic rings. The highest BCUT2D eigenvalue weighted by molar-refractivity contribution is 5.83. The first-order chi connectivity index (χ1) is 15.5. The summed E-state index contributed by atoms with van der Waals surface area (Å²) in [7, 11) is 0. The Morgan fingerprint density at radius 3 is 2.78 bits per heavy atom. The van der Waals surface area contributed by atoms with Crippen LogP contribution in [0.3, 0.4) is 0 Å². The number of nitrogens with one attached hydrogen (secondary N) is 1. The Kier molecular flexibility index (Phi) is 4.54. The molecule has 8 nitrogen and oxygen atoms in total. The zero-order valence-corrected chi connectivity index (χ0v) is 18.9. The van der Waals surface area contributed by atoms with Gasteiger partial charge in [-0.15, -0.1) is 0 Å². The van der Waals surface area contributed by atoms with Crippen LogP contribution in [0.2, 0.25) is 0 Å². The first kappa shape index (κ1) is 20.1. The zero-order valence-electron chi connectivity index (χ0n) is 18.9. The highest BCUT2D eigenvalue weighted by Crippen LogP contribution is 2.50. The van der Waals surface area contributed by atoms with E-state index in [-0.39, 0.29) is 30.1 Å². The van der Waals surface area contributed by atoms with E-state index in [1.807, 2.05) is 0 Å². The van der Waals surface area contributed by atoms with Crippen LogP contribution in [0.1, 0.15) is 22.3 Å². The molecule has 1 aromatic carbocycles. The lowest BCUT2D eigenvalue weighted by atomic mass is 9.83. The van der Waals surface area contributed by atoms with Crippen molar-refractivity contribution in [2.75, 3.05) is 37.7 Å². The molecule has 6 rings (SSSR count). The van der Waals surface area contributed by atoms with Gasteiger partial charge in [0, 0.05) is 44.6 Å². The highest BCUT2D eigenvalue weighted by Gasteiger charge is 2.62. The molecule has 3 aliphatic heterocycles. The maximum absolute atomic E-state index is 10.3. The maximum atomic E-state index is 10.3. The molecular weight excluding hydrogens is 404 g/mol. The van der Waals surface area contributed by atoms with Crippen molar-refractivity contribution in [2.45, 2.75) is 39.0 Å². The van der Waals surface area contributed by atoms with Crippen molar-refractivity contribution in [3.8, 4) is 0 Å². The summed E-state index contributed by atoms with van der Waals surface area (Å²) in [6.07, 6.45) is 3.31. The molecule has 0 saturated carbocycles. The number of aromatic amines is 1. The van der Waals surface area contributed by atoms with Gasteiger partial charge >= 0.3 is 0 Å². The Labute approximate surface area is 187 Å². The molecule has 8 heteroatoms. The number of rotatable bonds is 4. The number of anilines is 1. The molecule has 2 bridgehead atoms. The third-order valence-electron chi connectivity index (χ3n) is 7.92. The Morgan fingerprint density at radius 1 is 1.09 bits per heavy atom. The maximum Gasteiger partial charge on any atom is 0.182 e. The van der Waals surface area contributed by atoms with Gasteiger partial charge in [0.1, 0.15) is 17.4 Å². The minimum absolute atomic E-state index is 0.0744. The van der Waals surface area contributed by atoms with E-state index >= 15 is 0 Å². The molecule has 2 aromatic heterocycles. The van der Waals surface area contributed by atoms with Gasteiger partial charge < -0.3 is 19.7 Å². The Balaban J connectivity index is 1.30. The number of nitrogens with zero attached hydrogens (tertiary/aromatic N) is 5. The van der Waals surface area contributed by atoms with Crippen LogP contribution in [0.4, 0.5) is 5.82 Å². The summed E-state index contributed by atoms with van der Waals surface area (Å²) in [5.74, 6) is 1.29. The van der Waals surface area contributed by atoms with E-state index in [0.29, 0.717) is 5.65 Å². The quantitative estimate of drug-likeness (QED) is 0.649. The number of morpholine rings is 1. The monoisotopic (exact) mass is 434 g/mol. The van der Waals surface area contributed by atoms with Gasteiger partial charge in [-0.2, -0.15) is 0 Å². The molecule has 1 spiro atoms.